The minimum Gasteiger partial charge on any atom is -0.477 e. The van der Waals surface area contributed by atoms with Crippen molar-refractivity contribution in [2.45, 2.75) is 26.3 Å². The fourth-order valence-electron chi connectivity index (χ4n) is 1.92. The highest BCUT2D eigenvalue weighted by atomic mass is 79.9. The van der Waals surface area contributed by atoms with Gasteiger partial charge in [-0.25, -0.2) is 9.78 Å². The summed E-state index contributed by atoms with van der Waals surface area (Å²) in [6.07, 6.45) is 3.14. The summed E-state index contributed by atoms with van der Waals surface area (Å²) in [7, 11) is 0. The van der Waals surface area contributed by atoms with Crippen LogP contribution in [0.2, 0.25) is 5.15 Å². The van der Waals surface area contributed by atoms with Crippen molar-refractivity contribution >= 4 is 39.3 Å². The van der Waals surface area contributed by atoms with Crippen LogP contribution in [0.25, 0.3) is 0 Å². The summed E-state index contributed by atoms with van der Waals surface area (Å²) >= 11 is 9.03. The molecule has 1 heterocycles. The fourth-order valence-corrected chi connectivity index (χ4v) is 2.44. The van der Waals surface area contributed by atoms with Crippen molar-refractivity contribution in [3.8, 4) is 0 Å². The number of carbonyl (C=O) groups excluding carboxylic acids is 1. The second kappa shape index (κ2) is 9.00. The molecule has 0 bridgehead atoms. The minimum atomic E-state index is -1.39. The average molecular weight is 406 g/mol. The minimum absolute atomic E-state index is 0.0131. The van der Waals surface area contributed by atoms with E-state index in [4.69, 9.17) is 11.6 Å². The lowest BCUT2D eigenvalue weighted by Gasteiger charge is -2.17. The quantitative estimate of drug-likeness (QED) is 0.202. The molecule has 0 saturated heterocycles. The van der Waals surface area contributed by atoms with Crippen molar-refractivity contribution in [1.82, 2.24) is 10.3 Å². The molecule has 23 heavy (non-hydrogen) atoms. The number of halogens is 2. The third-order valence-corrected chi connectivity index (χ3v) is 3.70. The van der Waals surface area contributed by atoms with Crippen LogP contribution in [0.4, 0.5) is 0 Å². The molecule has 1 atom stereocenters. The van der Waals surface area contributed by atoms with Crippen molar-refractivity contribution in [1.29, 1.82) is 0 Å². The van der Waals surface area contributed by atoms with Gasteiger partial charge < -0.3 is 15.5 Å². The molecule has 1 aromatic rings. The summed E-state index contributed by atoms with van der Waals surface area (Å²) in [5.74, 6) is -1.84. The lowest BCUT2D eigenvalue weighted by molar-refractivity contribution is -0.132. The summed E-state index contributed by atoms with van der Waals surface area (Å²) in [5.41, 5.74) is -0.491. The molecule has 0 aliphatic rings. The van der Waals surface area contributed by atoms with Gasteiger partial charge in [-0.1, -0.05) is 25.4 Å². The van der Waals surface area contributed by atoms with E-state index in [0.29, 0.717) is 16.8 Å². The van der Waals surface area contributed by atoms with Crippen molar-refractivity contribution < 1.29 is 19.8 Å². The number of carboxylic acid groups (broad SMARTS) is 1. The van der Waals surface area contributed by atoms with Gasteiger partial charge in [-0.2, -0.15) is 0 Å². The molecule has 126 valence electrons. The number of carbonyl (C=O) groups is 2. The molecule has 0 unspecified atom stereocenters. The molecule has 1 rings (SSSR count). The molecule has 0 aliphatic carbocycles. The second-order valence-corrected chi connectivity index (χ2v) is 6.63. The van der Waals surface area contributed by atoms with E-state index >= 15 is 0 Å². The lowest BCUT2D eigenvalue weighted by Crippen LogP contribution is -2.31. The van der Waals surface area contributed by atoms with E-state index in [1.807, 2.05) is 13.8 Å². The first-order valence-electron chi connectivity index (χ1n) is 6.92. The summed E-state index contributed by atoms with van der Waals surface area (Å²) in [6, 6.07) is 1.07. The number of aliphatic carboxylic acids is 1. The highest BCUT2D eigenvalue weighted by Gasteiger charge is 2.23. The number of ketones is 1. The number of hydrogen-bond acceptors (Lipinski definition) is 5. The lowest BCUT2D eigenvalue weighted by atomic mass is 10.0. The van der Waals surface area contributed by atoms with Crippen LogP contribution in [-0.4, -0.2) is 39.6 Å². The van der Waals surface area contributed by atoms with Gasteiger partial charge in [0.25, 0.3) is 0 Å². The fraction of sp³-hybridized carbons (Fsp3) is 0.400. The maximum atomic E-state index is 12.4. The van der Waals surface area contributed by atoms with Crippen LogP contribution >= 0.6 is 27.5 Å². The van der Waals surface area contributed by atoms with Crippen LogP contribution in [0.5, 0.6) is 0 Å². The summed E-state index contributed by atoms with van der Waals surface area (Å²) < 4.78 is 0.510. The third-order valence-electron chi connectivity index (χ3n) is 2.97. The van der Waals surface area contributed by atoms with Crippen molar-refractivity contribution in [2.24, 2.45) is 5.92 Å². The first-order valence-corrected chi connectivity index (χ1v) is 8.09. The third kappa shape index (κ3) is 5.93. The predicted molar refractivity (Wildman–Crippen MR) is 90.5 cm³/mol. The van der Waals surface area contributed by atoms with Crippen molar-refractivity contribution in [2.75, 3.05) is 6.61 Å². The number of hydrogen-bond donors (Lipinski definition) is 3. The van der Waals surface area contributed by atoms with Crippen molar-refractivity contribution in [3.63, 3.8) is 0 Å². The molecular formula is C15H18BrClN2O4. The predicted octanol–water partition coefficient (Wildman–Crippen LogP) is 2.65. The van der Waals surface area contributed by atoms with Gasteiger partial charge in [-0.3, -0.25) is 4.79 Å². The maximum absolute atomic E-state index is 12.4. The number of nitrogens with zero attached hydrogens (tertiary/aromatic N) is 1. The zero-order valence-corrected chi connectivity index (χ0v) is 15.1. The molecule has 8 heteroatoms. The van der Waals surface area contributed by atoms with Gasteiger partial charge in [0.1, 0.15) is 10.7 Å². The van der Waals surface area contributed by atoms with E-state index in [0.717, 1.165) is 6.20 Å². The smallest absolute Gasteiger partial charge is 0.341 e. The van der Waals surface area contributed by atoms with Crippen LogP contribution in [0.15, 0.2) is 28.5 Å². The Morgan fingerprint density at radius 2 is 2.13 bits per heavy atom. The van der Waals surface area contributed by atoms with Crippen molar-refractivity contribution in [3.05, 3.63) is 39.2 Å². The molecule has 0 aliphatic heterocycles. The van der Waals surface area contributed by atoms with Gasteiger partial charge in [-0.15, -0.1) is 0 Å². The number of aliphatic hydroxyl groups is 1. The Labute approximate surface area is 147 Å². The summed E-state index contributed by atoms with van der Waals surface area (Å²) in [5, 5.41) is 21.3. The molecule has 0 aromatic carbocycles. The van der Waals surface area contributed by atoms with E-state index in [1.165, 1.54) is 12.3 Å². The highest BCUT2D eigenvalue weighted by Crippen LogP contribution is 2.21. The van der Waals surface area contributed by atoms with E-state index in [9.17, 15) is 19.8 Å². The Morgan fingerprint density at radius 3 is 2.65 bits per heavy atom. The summed E-state index contributed by atoms with van der Waals surface area (Å²) in [4.78, 5) is 27.6. The Kier molecular flexibility index (Phi) is 7.67. The van der Waals surface area contributed by atoms with Gasteiger partial charge in [0.05, 0.1) is 12.2 Å². The van der Waals surface area contributed by atoms with E-state index < -0.39 is 17.3 Å². The second-order valence-electron chi connectivity index (χ2n) is 5.36. The zero-order chi connectivity index (χ0) is 17.6. The van der Waals surface area contributed by atoms with Gasteiger partial charge in [-0.05, 0) is 34.3 Å². The normalized spacial score (nSPS) is 13.0. The first kappa shape index (κ1) is 19.6. The first-order chi connectivity index (χ1) is 10.8. The molecule has 3 N–H and O–H groups in total. The highest BCUT2D eigenvalue weighted by molar-refractivity contribution is 9.10. The maximum Gasteiger partial charge on any atom is 0.341 e. The van der Waals surface area contributed by atoms with E-state index in [-0.39, 0.29) is 23.4 Å². The molecule has 0 spiro atoms. The van der Waals surface area contributed by atoms with Crippen LogP contribution in [0, 0.1) is 5.92 Å². The molecule has 6 nitrogen and oxygen atoms in total. The van der Waals surface area contributed by atoms with Gasteiger partial charge in [0, 0.05) is 22.9 Å². The Balaban J connectivity index is 3.06. The van der Waals surface area contributed by atoms with Crippen LogP contribution in [0.1, 0.15) is 30.6 Å². The zero-order valence-electron chi connectivity index (χ0n) is 12.7. The molecular weight excluding hydrogens is 388 g/mol. The largest absolute Gasteiger partial charge is 0.477 e. The van der Waals surface area contributed by atoms with E-state index in [1.54, 1.807) is 0 Å². The van der Waals surface area contributed by atoms with Crippen LogP contribution in [0.3, 0.4) is 0 Å². The van der Waals surface area contributed by atoms with Crippen LogP contribution < -0.4 is 5.32 Å². The topological polar surface area (TPSA) is 99.5 Å². The number of pyridine rings is 1. The van der Waals surface area contributed by atoms with Crippen LogP contribution in [-0.2, 0) is 4.79 Å². The Bertz CT molecular complexity index is 619. The summed E-state index contributed by atoms with van der Waals surface area (Å²) in [6.45, 7) is 3.78. The van der Waals surface area contributed by atoms with Gasteiger partial charge in [0.2, 0.25) is 5.78 Å². The number of nitrogens with one attached hydrogen (secondary N) is 1. The molecule has 0 fully saturated rings. The number of Topliss-reactive ketones (excluding diaryl/α,β-unsaturated/α-hetero) is 1. The number of rotatable bonds is 8. The number of carboxylic acids is 1. The molecule has 1 aromatic heterocycles. The monoisotopic (exact) mass is 404 g/mol. The number of aliphatic hydroxyl groups excluding tert-OH is 1. The Morgan fingerprint density at radius 1 is 1.48 bits per heavy atom. The standard InChI is InChI=1S/C15H18BrClN2O4/c1-8(2)3-10(7-20)18-6-12(15(22)23)13(21)11-4-9(16)5-19-14(11)17/h4-6,8,10,18,20H,3,7H2,1-2H3,(H,22,23)/t10-/m0/s1. The molecule has 0 saturated carbocycles. The number of aromatic nitrogens is 1. The average Bonchev–Trinajstić information content (AvgIpc) is 2.47. The van der Waals surface area contributed by atoms with E-state index in [2.05, 4.69) is 26.2 Å². The van der Waals surface area contributed by atoms with Gasteiger partial charge >= 0.3 is 5.97 Å². The molecule has 0 radical (unpaired) electrons. The molecule has 0 amide bonds. The van der Waals surface area contributed by atoms with Gasteiger partial charge in [0.15, 0.2) is 0 Å². The Hall–Kier alpha value is -1.44. The SMILES string of the molecule is CC(C)C[C@@H](CO)NC=C(C(=O)O)C(=O)c1cc(Br)cnc1Cl.